The smallest absolute Gasteiger partial charge is 0.115 e. The van der Waals surface area contributed by atoms with Crippen molar-refractivity contribution in [2.45, 2.75) is 33.2 Å². The first kappa shape index (κ1) is 16.3. The molecule has 0 saturated carbocycles. The Morgan fingerprint density at radius 1 is 1.12 bits per heavy atom. The maximum Gasteiger partial charge on any atom is 0.115 e. The number of hydrogen-bond donors (Lipinski definition) is 1. The summed E-state index contributed by atoms with van der Waals surface area (Å²) in [7, 11) is 0. The van der Waals surface area contributed by atoms with Crippen LogP contribution >= 0.6 is 0 Å². The molecule has 124 valence electrons. The van der Waals surface area contributed by atoms with Crippen LogP contribution in [0.3, 0.4) is 0 Å². The molecule has 24 heavy (non-hydrogen) atoms. The van der Waals surface area contributed by atoms with Crippen molar-refractivity contribution in [2.24, 2.45) is 4.99 Å². The number of aliphatic imine (C=N–C) groups is 1. The molecule has 0 radical (unpaired) electrons. The first-order chi connectivity index (χ1) is 11.4. The number of likely N-dealkylation sites (N-methyl/N-ethyl adjacent to an activating group) is 1. The maximum absolute atomic E-state index is 9.33. The minimum atomic E-state index is 0.0352. The van der Waals surface area contributed by atoms with Gasteiger partial charge in [-0.15, -0.1) is 0 Å². The Hall–Kier alpha value is -2.55. The monoisotopic (exact) mass is 320 g/mol. The number of benzene rings is 2. The average molecular weight is 320 g/mol. The van der Waals surface area contributed by atoms with E-state index >= 15 is 0 Å². The van der Waals surface area contributed by atoms with Crippen molar-refractivity contribution >= 4 is 23.2 Å². The van der Waals surface area contributed by atoms with Crippen LogP contribution in [0.1, 0.15) is 38.8 Å². The van der Waals surface area contributed by atoms with Crippen molar-refractivity contribution < 1.29 is 5.11 Å². The van der Waals surface area contributed by atoms with Gasteiger partial charge in [0.1, 0.15) is 5.75 Å². The molecule has 0 fully saturated rings. The second-order valence-corrected chi connectivity index (χ2v) is 6.78. The lowest BCUT2D eigenvalue weighted by Crippen LogP contribution is -2.44. The molecule has 0 saturated heterocycles. The molecule has 2 aromatic carbocycles. The molecule has 1 N–H and O–H groups in total. The standard InChI is InChI=1S/C21H24N2O/c1-5-23-20-11-6-16(12-19(20)15(2)13-21(23,3)4)14-22-17-7-9-18(24)10-8-17/h6-14,24H,5H2,1-4H3. The zero-order valence-corrected chi connectivity index (χ0v) is 14.7. The zero-order chi connectivity index (χ0) is 17.3. The van der Waals surface area contributed by atoms with Gasteiger partial charge in [0, 0.05) is 24.0 Å². The van der Waals surface area contributed by atoms with E-state index in [-0.39, 0.29) is 11.3 Å². The molecule has 0 amide bonds. The number of hydrogen-bond acceptors (Lipinski definition) is 3. The summed E-state index contributed by atoms with van der Waals surface area (Å²) < 4.78 is 0. The van der Waals surface area contributed by atoms with Gasteiger partial charge in [-0.25, -0.2) is 0 Å². The molecule has 1 aliphatic rings. The Kier molecular flexibility index (Phi) is 4.18. The predicted molar refractivity (Wildman–Crippen MR) is 103 cm³/mol. The van der Waals surface area contributed by atoms with Crippen molar-refractivity contribution in [2.75, 3.05) is 11.4 Å². The summed E-state index contributed by atoms with van der Waals surface area (Å²) in [5.74, 6) is 0.255. The van der Waals surface area contributed by atoms with E-state index in [9.17, 15) is 5.11 Å². The lowest BCUT2D eigenvalue weighted by Gasteiger charge is -2.42. The molecule has 1 aliphatic heterocycles. The summed E-state index contributed by atoms with van der Waals surface area (Å²) in [4.78, 5) is 6.92. The Bertz CT molecular complexity index is 801. The van der Waals surface area contributed by atoms with E-state index in [2.05, 4.69) is 61.9 Å². The molecule has 3 rings (SSSR count). The van der Waals surface area contributed by atoms with Crippen molar-refractivity contribution in [3.8, 4) is 5.75 Å². The van der Waals surface area contributed by atoms with Crippen molar-refractivity contribution in [3.05, 3.63) is 59.7 Å². The van der Waals surface area contributed by atoms with E-state index < -0.39 is 0 Å². The van der Waals surface area contributed by atoms with E-state index in [0.717, 1.165) is 17.8 Å². The van der Waals surface area contributed by atoms with Gasteiger partial charge in [-0.05, 0) is 75.2 Å². The van der Waals surface area contributed by atoms with Crippen LogP contribution < -0.4 is 4.90 Å². The van der Waals surface area contributed by atoms with E-state index in [0.29, 0.717) is 0 Å². The number of phenols is 1. The number of nitrogens with zero attached hydrogens (tertiary/aromatic N) is 2. The van der Waals surface area contributed by atoms with Gasteiger partial charge in [0.2, 0.25) is 0 Å². The van der Waals surface area contributed by atoms with Gasteiger partial charge in [-0.1, -0.05) is 12.1 Å². The Balaban J connectivity index is 1.94. The van der Waals surface area contributed by atoms with Crippen molar-refractivity contribution in [3.63, 3.8) is 0 Å². The summed E-state index contributed by atoms with van der Waals surface area (Å²) in [6.07, 6.45) is 4.20. The lowest BCUT2D eigenvalue weighted by atomic mass is 9.88. The van der Waals surface area contributed by atoms with Gasteiger partial charge in [0.15, 0.2) is 0 Å². The van der Waals surface area contributed by atoms with E-state index in [1.54, 1.807) is 24.3 Å². The largest absolute Gasteiger partial charge is 0.508 e. The topological polar surface area (TPSA) is 35.8 Å². The van der Waals surface area contributed by atoms with Crippen LogP contribution in [0.2, 0.25) is 0 Å². The van der Waals surface area contributed by atoms with Crippen molar-refractivity contribution in [1.29, 1.82) is 0 Å². The Labute approximate surface area is 144 Å². The fourth-order valence-corrected chi connectivity index (χ4v) is 3.45. The van der Waals surface area contributed by atoms with Crippen LogP contribution in [-0.2, 0) is 0 Å². The molecular formula is C21H24N2O. The van der Waals surface area contributed by atoms with Crippen molar-refractivity contribution in [1.82, 2.24) is 0 Å². The van der Waals surface area contributed by atoms with Crippen LogP contribution in [0, 0.1) is 0 Å². The molecule has 1 heterocycles. The number of rotatable bonds is 3. The molecule has 0 atom stereocenters. The van der Waals surface area contributed by atoms with Crippen LogP contribution in [-0.4, -0.2) is 23.4 Å². The summed E-state index contributed by atoms with van der Waals surface area (Å²) in [6.45, 7) is 9.85. The summed E-state index contributed by atoms with van der Waals surface area (Å²) in [5.41, 5.74) is 5.79. The van der Waals surface area contributed by atoms with E-state index in [4.69, 9.17) is 0 Å². The quantitative estimate of drug-likeness (QED) is 0.792. The molecule has 2 aromatic rings. The van der Waals surface area contributed by atoms with Crippen LogP contribution in [0.5, 0.6) is 5.75 Å². The average Bonchev–Trinajstić information content (AvgIpc) is 2.54. The molecule has 3 nitrogen and oxygen atoms in total. The molecule has 0 bridgehead atoms. The van der Waals surface area contributed by atoms with Crippen LogP contribution in [0.25, 0.3) is 5.57 Å². The minimum absolute atomic E-state index is 0.0352. The molecular weight excluding hydrogens is 296 g/mol. The predicted octanol–water partition coefficient (Wildman–Crippen LogP) is 5.16. The second kappa shape index (κ2) is 6.16. The number of aromatic hydroxyl groups is 1. The minimum Gasteiger partial charge on any atom is -0.508 e. The molecule has 3 heteroatoms. The summed E-state index contributed by atoms with van der Waals surface area (Å²) in [5, 5.41) is 9.33. The SMILES string of the molecule is CCN1c2ccc(C=Nc3ccc(O)cc3)cc2C(C)=CC1(C)C. The zero-order valence-electron chi connectivity index (χ0n) is 14.7. The first-order valence-corrected chi connectivity index (χ1v) is 8.35. The number of fused-ring (bicyclic) bond motifs is 1. The van der Waals surface area contributed by atoms with Gasteiger partial charge in [-0.2, -0.15) is 0 Å². The van der Waals surface area contributed by atoms with Gasteiger partial charge >= 0.3 is 0 Å². The molecule has 0 aliphatic carbocycles. The van der Waals surface area contributed by atoms with Gasteiger partial charge in [0.05, 0.1) is 11.2 Å². The lowest BCUT2D eigenvalue weighted by molar-refractivity contribution is 0.475. The molecule has 0 spiro atoms. The highest BCUT2D eigenvalue weighted by atomic mass is 16.3. The van der Waals surface area contributed by atoms with Gasteiger partial charge < -0.3 is 10.0 Å². The van der Waals surface area contributed by atoms with Gasteiger partial charge in [-0.3, -0.25) is 4.99 Å². The number of phenolic OH excluding ortho intramolecular Hbond substituents is 1. The molecule has 0 aromatic heterocycles. The normalized spacial score (nSPS) is 16.2. The second-order valence-electron chi connectivity index (χ2n) is 6.78. The molecule has 0 unspecified atom stereocenters. The highest BCUT2D eigenvalue weighted by Crippen LogP contribution is 2.38. The van der Waals surface area contributed by atoms with Crippen LogP contribution in [0.4, 0.5) is 11.4 Å². The van der Waals surface area contributed by atoms with Gasteiger partial charge in [0.25, 0.3) is 0 Å². The van der Waals surface area contributed by atoms with E-state index in [1.165, 1.54) is 16.8 Å². The first-order valence-electron chi connectivity index (χ1n) is 8.35. The fraction of sp³-hybridized carbons (Fsp3) is 0.286. The Morgan fingerprint density at radius 3 is 2.50 bits per heavy atom. The highest BCUT2D eigenvalue weighted by Gasteiger charge is 2.29. The highest BCUT2D eigenvalue weighted by molar-refractivity contribution is 5.88. The van der Waals surface area contributed by atoms with Crippen LogP contribution in [0.15, 0.2) is 53.5 Å². The third-order valence-corrected chi connectivity index (χ3v) is 4.53. The third-order valence-electron chi connectivity index (χ3n) is 4.53. The Morgan fingerprint density at radius 2 is 1.83 bits per heavy atom. The van der Waals surface area contributed by atoms with E-state index in [1.807, 2.05) is 6.21 Å². The third kappa shape index (κ3) is 3.07. The number of anilines is 1. The number of allylic oxidation sites excluding steroid dienone is 1. The summed E-state index contributed by atoms with van der Waals surface area (Å²) in [6, 6.07) is 13.4. The maximum atomic E-state index is 9.33. The summed E-state index contributed by atoms with van der Waals surface area (Å²) >= 11 is 0. The fourth-order valence-electron chi connectivity index (χ4n) is 3.45.